The van der Waals surface area contributed by atoms with Gasteiger partial charge in [0.15, 0.2) is 0 Å². The van der Waals surface area contributed by atoms with Crippen molar-refractivity contribution in [1.29, 1.82) is 0 Å². The number of amides is 1. The van der Waals surface area contributed by atoms with Crippen LogP contribution in [0.25, 0.3) is 0 Å². The first kappa shape index (κ1) is 23.4. The van der Waals surface area contributed by atoms with Gasteiger partial charge in [-0.15, -0.1) is 11.8 Å². The summed E-state index contributed by atoms with van der Waals surface area (Å²) in [5.74, 6) is -0.150. The predicted molar refractivity (Wildman–Crippen MR) is 123 cm³/mol. The SMILES string of the molecule is CSc1ccc(CN(C)C(=O)C2CCN(S(=O)(=O)c3cc(Cl)ccc3Cl)CC2)cc1. The lowest BCUT2D eigenvalue weighted by atomic mass is 9.96. The number of carbonyl (C=O) groups excluding carboxylic acids is 1. The highest BCUT2D eigenvalue weighted by Crippen LogP contribution is 2.31. The van der Waals surface area contributed by atoms with Gasteiger partial charge in [-0.25, -0.2) is 8.42 Å². The molecule has 162 valence electrons. The Morgan fingerprint density at radius 3 is 2.37 bits per heavy atom. The molecule has 5 nitrogen and oxygen atoms in total. The van der Waals surface area contributed by atoms with E-state index in [9.17, 15) is 13.2 Å². The number of nitrogens with zero attached hydrogens (tertiary/aromatic N) is 2. The molecule has 1 aliphatic rings. The zero-order valence-corrected chi connectivity index (χ0v) is 20.0. The van der Waals surface area contributed by atoms with Gasteiger partial charge in [0.25, 0.3) is 0 Å². The number of thioether (sulfide) groups is 1. The monoisotopic (exact) mass is 486 g/mol. The van der Waals surface area contributed by atoms with Gasteiger partial charge >= 0.3 is 0 Å². The zero-order chi connectivity index (χ0) is 21.9. The Morgan fingerprint density at radius 1 is 1.13 bits per heavy atom. The summed E-state index contributed by atoms with van der Waals surface area (Å²) >= 11 is 13.7. The predicted octanol–water partition coefficient (Wildman–Crippen LogP) is 4.77. The second-order valence-corrected chi connectivity index (χ2v) is 10.9. The van der Waals surface area contributed by atoms with E-state index >= 15 is 0 Å². The van der Waals surface area contributed by atoms with Crippen molar-refractivity contribution in [2.75, 3.05) is 26.4 Å². The van der Waals surface area contributed by atoms with E-state index in [4.69, 9.17) is 23.2 Å². The summed E-state index contributed by atoms with van der Waals surface area (Å²) in [6.45, 7) is 1.08. The molecule has 1 fully saturated rings. The summed E-state index contributed by atoms with van der Waals surface area (Å²) in [7, 11) is -1.96. The number of piperidine rings is 1. The third kappa shape index (κ3) is 5.32. The fourth-order valence-electron chi connectivity index (χ4n) is 3.55. The minimum atomic E-state index is -3.75. The second-order valence-electron chi connectivity index (χ2n) is 7.30. The van der Waals surface area contributed by atoms with Crippen molar-refractivity contribution in [2.24, 2.45) is 5.92 Å². The molecule has 3 rings (SSSR count). The lowest BCUT2D eigenvalue weighted by molar-refractivity contribution is -0.135. The number of sulfonamides is 1. The van der Waals surface area contributed by atoms with Crippen molar-refractivity contribution >= 4 is 50.9 Å². The third-order valence-electron chi connectivity index (χ3n) is 5.27. The molecule has 1 saturated heterocycles. The average molecular weight is 487 g/mol. The van der Waals surface area contributed by atoms with E-state index in [1.165, 1.54) is 21.3 Å². The summed E-state index contributed by atoms with van der Waals surface area (Å²) in [6, 6.07) is 12.5. The lowest BCUT2D eigenvalue weighted by Gasteiger charge is -2.32. The normalized spacial score (nSPS) is 15.9. The maximum absolute atomic E-state index is 12.9. The number of carbonyl (C=O) groups is 1. The molecule has 0 aliphatic carbocycles. The van der Waals surface area contributed by atoms with Crippen LogP contribution in [-0.4, -0.2) is 49.9 Å². The molecule has 1 heterocycles. The molecule has 2 aromatic rings. The van der Waals surface area contributed by atoms with Crippen LogP contribution in [0.3, 0.4) is 0 Å². The highest BCUT2D eigenvalue weighted by Gasteiger charge is 2.34. The molecule has 0 saturated carbocycles. The van der Waals surface area contributed by atoms with E-state index in [1.807, 2.05) is 30.5 Å². The fraction of sp³-hybridized carbons (Fsp3) is 0.381. The summed E-state index contributed by atoms with van der Waals surface area (Å²) in [6.07, 6.45) is 2.98. The molecule has 1 amide bonds. The van der Waals surface area contributed by atoms with Gasteiger partial charge in [0.1, 0.15) is 4.90 Å². The molecule has 30 heavy (non-hydrogen) atoms. The van der Waals surface area contributed by atoms with Gasteiger partial charge in [0.05, 0.1) is 5.02 Å². The first-order valence-corrected chi connectivity index (χ1v) is 13.0. The molecular weight excluding hydrogens is 463 g/mol. The van der Waals surface area contributed by atoms with Crippen molar-refractivity contribution in [3.05, 3.63) is 58.1 Å². The van der Waals surface area contributed by atoms with E-state index in [2.05, 4.69) is 0 Å². The zero-order valence-electron chi connectivity index (χ0n) is 16.8. The van der Waals surface area contributed by atoms with Gasteiger partial charge in [0, 0.05) is 42.5 Å². The van der Waals surface area contributed by atoms with E-state index in [1.54, 1.807) is 29.8 Å². The number of benzene rings is 2. The highest BCUT2D eigenvalue weighted by molar-refractivity contribution is 7.98. The van der Waals surface area contributed by atoms with Crippen LogP contribution >= 0.6 is 35.0 Å². The fourth-order valence-corrected chi connectivity index (χ4v) is 6.17. The van der Waals surface area contributed by atoms with Crippen molar-refractivity contribution in [3.63, 3.8) is 0 Å². The van der Waals surface area contributed by atoms with Gasteiger partial charge in [-0.3, -0.25) is 4.79 Å². The summed E-state index contributed by atoms with van der Waals surface area (Å²) in [5.41, 5.74) is 1.07. The molecule has 1 aliphatic heterocycles. The molecular formula is C21H24Cl2N2O3S2. The van der Waals surface area contributed by atoms with Gasteiger partial charge in [0.2, 0.25) is 15.9 Å². The minimum Gasteiger partial charge on any atom is -0.341 e. The maximum Gasteiger partial charge on any atom is 0.244 e. The standard InChI is InChI=1S/C21H24Cl2N2O3S2/c1-24(14-15-3-6-18(29-2)7-4-15)21(26)16-9-11-25(12-10-16)30(27,28)20-13-17(22)5-8-19(20)23/h3-8,13,16H,9-12,14H2,1-2H3. The molecule has 9 heteroatoms. The van der Waals surface area contributed by atoms with Crippen LogP contribution in [-0.2, 0) is 21.4 Å². The molecule has 0 atom stereocenters. The van der Waals surface area contributed by atoms with Gasteiger partial charge in [-0.1, -0.05) is 35.3 Å². The Labute approximate surface area is 192 Å². The highest BCUT2D eigenvalue weighted by atomic mass is 35.5. The van der Waals surface area contributed by atoms with E-state index in [0.29, 0.717) is 24.4 Å². The van der Waals surface area contributed by atoms with Crippen LogP contribution in [0.15, 0.2) is 52.3 Å². The number of halogens is 2. The molecule has 0 aromatic heterocycles. The number of hydrogen-bond acceptors (Lipinski definition) is 4. The Hall–Kier alpha value is -1.25. The number of hydrogen-bond donors (Lipinski definition) is 0. The van der Waals surface area contributed by atoms with E-state index < -0.39 is 10.0 Å². The lowest BCUT2D eigenvalue weighted by Crippen LogP contribution is -2.43. The van der Waals surface area contributed by atoms with Crippen LogP contribution < -0.4 is 0 Å². The molecule has 0 bridgehead atoms. The van der Waals surface area contributed by atoms with Crippen LogP contribution in [0.5, 0.6) is 0 Å². The smallest absolute Gasteiger partial charge is 0.244 e. The van der Waals surface area contributed by atoms with Crippen molar-refractivity contribution in [2.45, 2.75) is 29.2 Å². The summed E-state index contributed by atoms with van der Waals surface area (Å²) < 4.78 is 27.3. The molecule has 2 aromatic carbocycles. The summed E-state index contributed by atoms with van der Waals surface area (Å²) in [4.78, 5) is 15.8. The quantitative estimate of drug-likeness (QED) is 0.551. The average Bonchev–Trinajstić information content (AvgIpc) is 2.75. The van der Waals surface area contributed by atoms with Gasteiger partial charge < -0.3 is 4.90 Å². The topological polar surface area (TPSA) is 57.7 Å². The summed E-state index contributed by atoms with van der Waals surface area (Å²) in [5, 5.41) is 0.458. The Kier molecular flexibility index (Phi) is 7.74. The third-order valence-corrected chi connectivity index (χ3v) is 8.63. The van der Waals surface area contributed by atoms with E-state index in [0.717, 1.165) is 5.56 Å². The Bertz CT molecular complexity index is 1010. The molecule has 0 spiro atoms. The first-order valence-electron chi connectivity index (χ1n) is 9.55. The van der Waals surface area contributed by atoms with Crippen LogP contribution in [0.1, 0.15) is 18.4 Å². The second kappa shape index (κ2) is 9.92. The van der Waals surface area contributed by atoms with Crippen molar-refractivity contribution in [3.8, 4) is 0 Å². The van der Waals surface area contributed by atoms with Crippen molar-refractivity contribution in [1.82, 2.24) is 9.21 Å². The molecule has 0 radical (unpaired) electrons. The van der Waals surface area contributed by atoms with Crippen molar-refractivity contribution < 1.29 is 13.2 Å². The van der Waals surface area contributed by atoms with Gasteiger partial charge in [-0.05, 0) is 55.0 Å². The number of rotatable bonds is 6. The largest absolute Gasteiger partial charge is 0.341 e. The Morgan fingerprint density at radius 2 is 1.77 bits per heavy atom. The van der Waals surface area contributed by atoms with Crippen LogP contribution in [0.4, 0.5) is 0 Å². The molecule has 0 unspecified atom stereocenters. The maximum atomic E-state index is 12.9. The van der Waals surface area contributed by atoms with Gasteiger partial charge in [-0.2, -0.15) is 4.31 Å². The van der Waals surface area contributed by atoms with Crippen LogP contribution in [0.2, 0.25) is 10.0 Å². The molecule has 0 N–H and O–H groups in total. The van der Waals surface area contributed by atoms with Crippen LogP contribution in [0, 0.1) is 5.92 Å². The minimum absolute atomic E-state index is 0.00671. The Balaban J connectivity index is 1.61. The first-order chi connectivity index (χ1) is 14.2. The van der Waals surface area contributed by atoms with E-state index in [-0.39, 0.29) is 34.8 Å².